The zero-order valence-electron chi connectivity index (χ0n) is 28.5. The van der Waals surface area contributed by atoms with Gasteiger partial charge in [-0.1, -0.05) is 107 Å². The van der Waals surface area contributed by atoms with Crippen LogP contribution in [0, 0.1) is 17.8 Å². The van der Waals surface area contributed by atoms with Gasteiger partial charge in [0.05, 0.1) is 36.6 Å². The lowest BCUT2D eigenvalue weighted by Gasteiger charge is -2.21. The molecule has 0 saturated carbocycles. The number of aromatic nitrogens is 2. The third-order valence-corrected chi connectivity index (χ3v) is 7.98. The third-order valence-electron chi connectivity index (χ3n) is 7.98. The van der Waals surface area contributed by atoms with Gasteiger partial charge in [0.2, 0.25) is 5.88 Å². The van der Waals surface area contributed by atoms with E-state index in [2.05, 4.69) is 0 Å². The Labute approximate surface area is 286 Å². The lowest BCUT2D eigenvalue weighted by atomic mass is 9.88. The summed E-state index contributed by atoms with van der Waals surface area (Å²) in [6.45, 7) is 7.78. The summed E-state index contributed by atoms with van der Waals surface area (Å²) in [5.41, 5.74) is 0.764. The van der Waals surface area contributed by atoms with Crippen molar-refractivity contribution in [3.05, 3.63) is 129 Å². The molecule has 0 aliphatic rings. The van der Waals surface area contributed by atoms with E-state index in [1.807, 2.05) is 88.4 Å². The van der Waals surface area contributed by atoms with Crippen molar-refractivity contribution in [1.82, 2.24) is 9.13 Å². The predicted molar refractivity (Wildman–Crippen MR) is 186 cm³/mol. The van der Waals surface area contributed by atoms with E-state index in [1.165, 1.54) is 4.57 Å². The van der Waals surface area contributed by atoms with Gasteiger partial charge < -0.3 is 14.2 Å². The van der Waals surface area contributed by atoms with Crippen molar-refractivity contribution in [3.63, 3.8) is 0 Å². The molecule has 3 aromatic carbocycles. The molecule has 0 fully saturated rings. The Kier molecular flexibility index (Phi) is 13.3. The van der Waals surface area contributed by atoms with Crippen molar-refractivity contribution >= 4 is 17.9 Å². The minimum absolute atomic E-state index is 0.0123. The molecule has 1 aromatic heterocycles. The van der Waals surface area contributed by atoms with Gasteiger partial charge in [0.15, 0.2) is 0 Å². The van der Waals surface area contributed by atoms with Gasteiger partial charge in [-0.3, -0.25) is 23.7 Å². The SMILES string of the molecule is CC(C)CC(C(=O)OCCOC(=O)CCC(=O)Oc1c(Cc2ccccc2)c(=O)n(Cc2ccccc2)c(=O)n1-c1ccccc1)C(C)C. The molecule has 4 aromatic rings. The highest BCUT2D eigenvalue weighted by atomic mass is 16.6. The van der Waals surface area contributed by atoms with Crippen LogP contribution in [0.2, 0.25) is 0 Å². The van der Waals surface area contributed by atoms with Gasteiger partial charge >= 0.3 is 23.6 Å². The molecule has 0 aliphatic heterocycles. The fourth-order valence-corrected chi connectivity index (χ4v) is 5.44. The Morgan fingerprint density at radius 2 is 1.24 bits per heavy atom. The van der Waals surface area contributed by atoms with E-state index in [4.69, 9.17) is 14.2 Å². The molecule has 49 heavy (non-hydrogen) atoms. The van der Waals surface area contributed by atoms with Crippen LogP contribution in [-0.4, -0.2) is 40.3 Å². The molecule has 0 N–H and O–H groups in total. The van der Waals surface area contributed by atoms with Crippen LogP contribution in [0.5, 0.6) is 5.88 Å². The molecule has 4 rings (SSSR count). The van der Waals surface area contributed by atoms with Gasteiger partial charge in [0.1, 0.15) is 13.2 Å². The first-order valence-corrected chi connectivity index (χ1v) is 16.6. The average molecular weight is 669 g/mol. The standard InChI is InChI=1S/C39H44N2O8/c1-27(2)24-32(28(3)4)38(45)48-23-22-47-34(42)20-21-35(43)49-37-33(25-29-14-8-5-9-15-29)36(44)40(26-30-16-10-6-11-17-30)39(46)41(37)31-18-12-7-13-19-31/h5-19,27-28,32H,20-26H2,1-4H3. The molecule has 10 heteroatoms. The fraction of sp³-hybridized carbons (Fsp3) is 0.359. The molecule has 1 unspecified atom stereocenters. The monoisotopic (exact) mass is 668 g/mol. The van der Waals surface area contributed by atoms with Crippen molar-refractivity contribution in [2.24, 2.45) is 17.8 Å². The summed E-state index contributed by atoms with van der Waals surface area (Å²) >= 11 is 0. The number of rotatable bonds is 16. The van der Waals surface area contributed by atoms with E-state index < -0.39 is 23.2 Å². The predicted octanol–water partition coefficient (Wildman–Crippen LogP) is 5.73. The number of para-hydroxylation sites is 1. The van der Waals surface area contributed by atoms with E-state index >= 15 is 0 Å². The van der Waals surface area contributed by atoms with E-state index in [1.54, 1.807) is 30.3 Å². The molecule has 0 amide bonds. The summed E-state index contributed by atoms with van der Waals surface area (Å²) in [5, 5.41) is 0. The Hall–Kier alpha value is -5.25. The first-order valence-electron chi connectivity index (χ1n) is 16.6. The van der Waals surface area contributed by atoms with Gasteiger partial charge in [-0.05, 0) is 41.5 Å². The van der Waals surface area contributed by atoms with Crippen molar-refractivity contribution in [3.8, 4) is 11.6 Å². The van der Waals surface area contributed by atoms with Gasteiger partial charge in [-0.2, -0.15) is 0 Å². The maximum absolute atomic E-state index is 14.0. The van der Waals surface area contributed by atoms with Crippen LogP contribution in [0.25, 0.3) is 5.69 Å². The molecule has 0 aliphatic carbocycles. The van der Waals surface area contributed by atoms with Crippen molar-refractivity contribution in [1.29, 1.82) is 0 Å². The van der Waals surface area contributed by atoms with Crippen molar-refractivity contribution in [2.45, 2.75) is 59.9 Å². The van der Waals surface area contributed by atoms with Crippen LogP contribution < -0.4 is 16.0 Å². The maximum atomic E-state index is 14.0. The molecule has 258 valence electrons. The lowest BCUT2D eigenvalue weighted by molar-refractivity contribution is -0.157. The first kappa shape index (κ1) is 36.6. The van der Waals surface area contributed by atoms with Gasteiger partial charge in [0.25, 0.3) is 5.56 Å². The van der Waals surface area contributed by atoms with Crippen molar-refractivity contribution in [2.75, 3.05) is 13.2 Å². The Bertz CT molecular complexity index is 1810. The molecule has 0 saturated heterocycles. The minimum Gasteiger partial charge on any atom is -0.462 e. The average Bonchev–Trinajstić information content (AvgIpc) is 3.09. The van der Waals surface area contributed by atoms with Gasteiger partial charge in [0, 0.05) is 6.42 Å². The van der Waals surface area contributed by atoms with Crippen LogP contribution in [0.1, 0.15) is 63.6 Å². The van der Waals surface area contributed by atoms with Crippen molar-refractivity contribution < 1.29 is 28.6 Å². The third kappa shape index (κ3) is 10.4. The molecular formula is C39H44N2O8. The Morgan fingerprint density at radius 1 is 0.694 bits per heavy atom. The van der Waals surface area contributed by atoms with E-state index in [0.29, 0.717) is 18.0 Å². The van der Waals surface area contributed by atoms with Crippen LogP contribution in [0.3, 0.4) is 0 Å². The molecule has 10 nitrogen and oxygen atoms in total. The highest BCUT2D eigenvalue weighted by molar-refractivity contribution is 5.79. The molecule has 1 heterocycles. The second-order valence-electron chi connectivity index (χ2n) is 12.6. The second-order valence-corrected chi connectivity index (χ2v) is 12.6. The number of ether oxygens (including phenoxy) is 3. The number of hydrogen-bond acceptors (Lipinski definition) is 8. The van der Waals surface area contributed by atoms with E-state index in [9.17, 15) is 24.0 Å². The van der Waals surface area contributed by atoms with Crippen LogP contribution >= 0.6 is 0 Å². The molecule has 0 radical (unpaired) electrons. The van der Waals surface area contributed by atoms with Crippen LogP contribution in [-0.2, 0) is 36.8 Å². The normalized spacial score (nSPS) is 11.7. The van der Waals surface area contributed by atoms with Gasteiger partial charge in [-0.25, -0.2) is 9.36 Å². The first-order chi connectivity index (χ1) is 23.5. The molecular weight excluding hydrogens is 624 g/mol. The number of carbonyl (C=O) groups is 3. The highest BCUT2D eigenvalue weighted by Crippen LogP contribution is 2.23. The summed E-state index contributed by atoms with van der Waals surface area (Å²) in [7, 11) is 0. The number of carbonyl (C=O) groups excluding carboxylic acids is 3. The molecule has 1 atom stereocenters. The maximum Gasteiger partial charge on any atom is 0.338 e. The van der Waals surface area contributed by atoms with Gasteiger partial charge in [-0.15, -0.1) is 0 Å². The number of hydrogen-bond donors (Lipinski definition) is 0. The number of nitrogens with zero attached hydrogens (tertiary/aromatic N) is 2. The molecule has 0 bridgehead atoms. The zero-order chi connectivity index (χ0) is 35.3. The summed E-state index contributed by atoms with van der Waals surface area (Å²) in [5.74, 6) is -1.84. The Morgan fingerprint density at radius 3 is 1.84 bits per heavy atom. The largest absolute Gasteiger partial charge is 0.462 e. The smallest absolute Gasteiger partial charge is 0.338 e. The van der Waals surface area contributed by atoms with Crippen LogP contribution in [0.4, 0.5) is 0 Å². The topological polar surface area (TPSA) is 123 Å². The van der Waals surface area contributed by atoms with E-state index in [-0.39, 0.29) is 68.3 Å². The number of benzene rings is 3. The zero-order valence-corrected chi connectivity index (χ0v) is 28.5. The quantitative estimate of drug-likeness (QED) is 0.110. The fourth-order valence-electron chi connectivity index (χ4n) is 5.44. The lowest BCUT2D eigenvalue weighted by Crippen LogP contribution is -2.42. The van der Waals surface area contributed by atoms with Crippen LogP contribution in [0.15, 0.2) is 101 Å². The summed E-state index contributed by atoms with van der Waals surface area (Å²) in [6.07, 6.45) is 0.0956. The molecule has 0 spiro atoms. The highest BCUT2D eigenvalue weighted by Gasteiger charge is 2.26. The Balaban J connectivity index is 1.54. The second kappa shape index (κ2) is 17.8. The minimum atomic E-state index is -0.824. The van der Waals surface area contributed by atoms with E-state index in [0.717, 1.165) is 15.7 Å². The summed E-state index contributed by atoms with van der Waals surface area (Å²) in [6, 6.07) is 26.9. The summed E-state index contributed by atoms with van der Waals surface area (Å²) < 4.78 is 18.7. The number of esters is 3. The summed E-state index contributed by atoms with van der Waals surface area (Å²) in [4.78, 5) is 66.3.